The van der Waals surface area contributed by atoms with Crippen molar-refractivity contribution in [2.75, 3.05) is 13.7 Å². The van der Waals surface area contributed by atoms with E-state index in [1.807, 2.05) is 13.8 Å². The highest BCUT2D eigenvalue weighted by molar-refractivity contribution is 5.88. The summed E-state index contributed by atoms with van der Waals surface area (Å²) in [5.74, 6) is -0.978. The third-order valence-electron chi connectivity index (χ3n) is 3.40. The van der Waals surface area contributed by atoms with E-state index < -0.39 is 17.9 Å². The zero-order valence-electron chi connectivity index (χ0n) is 14.2. The predicted molar refractivity (Wildman–Crippen MR) is 88.6 cm³/mol. The van der Waals surface area contributed by atoms with E-state index in [0.29, 0.717) is 23.7 Å². The summed E-state index contributed by atoms with van der Waals surface area (Å²) in [5, 5.41) is 14.2. The maximum atomic E-state index is 11.9. The number of carbonyl (C=O) groups excluding carboxylic acids is 2. The molecule has 0 heterocycles. The van der Waals surface area contributed by atoms with Gasteiger partial charge in [-0.2, -0.15) is 0 Å². The molecule has 1 aromatic rings. The van der Waals surface area contributed by atoms with E-state index in [-0.39, 0.29) is 12.5 Å². The molecule has 1 rings (SSSR count). The van der Waals surface area contributed by atoms with Crippen molar-refractivity contribution < 1.29 is 24.2 Å². The number of rotatable bonds is 9. The molecule has 0 spiro atoms. The van der Waals surface area contributed by atoms with E-state index in [1.54, 1.807) is 24.3 Å². The first kappa shape index (κ1) is 19.5. The molecule has 7 heteroatoms. The van der Waals surface area contributed by atoms with E-state index >= 15 is 0 Å². The molecule has 0 bridgehead atoms. The van der Waals surface area contributed by atoms with Gasteiger partial charge in [0.25, 0.3) is 0 Å². The molecule has 1 aromatic carbocycles. The summed E-state index contributed by atoms with van der Waals surface area (Å²) in [6, 6.07) is 5.19. The van der Waals surface area contributed by atoms with Gasteiger partial charge in [0.05, 0.1) is 13.7 Å². The van der Waals surface area contributed by atoms with Crippen molar-refractivity contribution in [3.8, 4) is 5.75 Å². The molecule has 7 nitrogen and oxygen atoms in total. The first-order chi connectivity index (χ1) is 11.3. The average Bonchev–Trinajstić information content (AvgIpc) is 2.55. The first-order valence-corrected chi connectivity index (χ1v) is 7.76. The molecule has 0 aliphatic heterocycles. The Kier molecular flexibility index (Phi) is 7.74. The minimum absolute atomic E-state index is 0.227. The normalized spacial score (nSPS) is 11.7. The lowest BCUT2D eigenvalue weighted by Crippen LogP contribution is -2.41. The molecule has 0 radical (unpaired) electrons. The average molecular weight is 336 g/mol. The topological polar surface area (TPSA) is 105 Å². The molecule has 0 aliphatic carbocycles. The zero-order chi connectivity index (χ0) is 18.1. The molecule has 1 atom stereocenters. The highest BCUT2D eigenvalue weighted by Crippen LogP contribution is 2.17. The molecule has 3 N–H and O–H groups in total. The summed E-state index contributed by atoms with van der Waals surface area (Å²) < 4.78 is 5.01. The van der Waals surface area contributed by atoms with Crippen LogP contribution < -0.4 is 15.4 Å². The number of aliphatic carboxylic acids is 1. The number of nitrogens with one attached hydrogen (secondary N) is 2. The third-order valence-corrected chi connectivity index (χ3v) is 3.40. The highest BCUT2D eigenvalue weighted by atomic mass is 16.5. The largest absolute Gasteiger partial charge is 0.497 e. The molecule has 132 valence electrons. The Balaban J connectivity index is 2.57. The monoisotopic (exact) mass is 336 g/mol. The molecule has 1 unspecified atom stereocenters. The fourth-order valence-electron chi connectivity index (χ4n) is 1.98. The molecule has 0 aliphatic rings. The summed E-state index contributed by atoms with van der Waals surface area (Å²) in [7, 11) is 1.51. The molecule has 24 heavy (non-hydrogen) atoms. The zero-order valence-corrected chi connectivity index (χ0v) is 14.2. The van der Waals surface area contributed by atoms with Gasteiger partial charge in [0, 0.05) is 6.42 Å². The fraction of sp³-hybridized carbons (Fsp3) is 0.471. The lowest BCUT2D eigenvalue weighted by molar-refractivity contribution is -0.141. The van der Waals surface area contributed by atoms with Gasteiger partial charge in [-0.3, -0.25) is 9.59 Å². The standard InChI is InChI=1S/C17H24N2O5/c1-11(2)4-9-14(20)18-10-15(21)19-16(17(22)23)12-5-7-13(24-3)8-6-12/h5-8,11,16H,4,9-10H2,1-3H3,(H,18,20)(H,19,21)(H,22,23). The minimum atomic E-state index is -1.18. The molecule has 0 saturated heterocycles. The first-order valence-electron chi connectivity index (χ1n) is 7.76. The lowest BCUT2D eigenvalue weighted by Gasteiger charge is -2.15. The van der Waals surface area contributed by atoms with Crippen LogP contribution >= 0.6 is 0 Å². The second kappa shape index (κ2) is 9.54. The molecule has 0 fully saturated rings. The van der Waals surface area contributed by atoms with E-state index in [1.165, 1.54) is 7.11 Å². The second-order valence-electron chi connectivity index (χ2n) is 5.82. The number of ether oxygens (including phenoxy) is 1. The summed E-state index contributed by atoms with van der Waals surface area (Å²) in [4.78, 5) is 34.8. The number of carbonyl (C=O) groups is 3. The SMILES string of the molecule is COc1ccc(C(NC(=O)CNC(=O)CCC(C)C)C(=O)O)cc1. The Labute approximate surface area is 141 Å². The molecular weight excluding hydrogens is 312 g/mol. The number of methoxy groups -OCH3 is 1. The van der Waals surface area contributed by atoms with Crippen LogP contribution in [0.4, 0.5) is 0 Å². The van der Waals surface area contributed by atoms with Gasteiger partial charge >= 0.3 is 5.97 Å². The van der Waals surface area contributed by atoms with Gasteiger partial charge in [-0.15, -0.1) is 0 Å². The fourth-order valence-corrected chi connectivity index (χ4v) is 1.98. The lowest BCUT2D eigenvalue weighted by atomic mass is 10.1. The maximum absolute atomic E-state index is 11.9. The van der Waals surface area contributed by atoms with E-state index in [4.69, 9.17) is 4.74 Å². The van der Waals surface area contributed by atoms with Crippen LogP contribution in [0.15, 0.2) is 24.3 Å². The van der Waals surface area contributed by atoms with Gasteiger partial charge in [-0.1, -0.05) is 26.0 Å². The number of amides is 2. The van der Waals surface area contributed by atoms with Crippen LogP contribution in [-0.2, 0) is 14.4 Å². The Bertz CT molecular complexity index is 569. The quantitative estimate of drug-likeness (QED) is 0.634. The van der Waals surface area contributed by atoms with Crippen molar-refractivity contribution in [3.05, 3.63) is 29.8 Å². The van der Waals surface area contributed by atoms with E-state index in [2.05, 4.69) is 10.6 Å². The van der Waals surface area contributed by atoms with Gasteiger partial charge in [-0.25, -0.2) is 4.79 Å². The summed E-state index contributed by atoms with van der Waals surface area (Å²) in [6.07, 6.45) is 1.07. The van der Waals surface area contributed by atoms with E-state index in [9.17, 15) is 19.5 Å². The van der Waals surface area contributed by atoms with Crippen LogP contribution in [-0.4, -0.2) is 36.5 Å². The van der Waals surface area contributed by atoms with Crippen molar-refractivity contribution in [3.63, 3.8) is 0 Å². The smallest absolute Gasteiger partial charge is 0.330 e. The minimum Gasteiger partial charge on any atom is -0.497 e. The predicted octanol–water partition coefficient (Wildman–Crippen LogP) is 1.49. The van der Waals surface area contributed by atoms with Crippen LogP contribution in [0.5, 0.6) is 5.75 Å². The van der Waals surface area contributed by atoms with Crippen molar-refractivity contribution in [1.29, 1.82) is 0 Å². The van der Waals surface area contributed by atoms with Crippen molar-refractivity contribution in [1.82, 2.24) is 10.6 Å². The van der Waals surface area contributed by atoms with Crippen molar-refractivity contribution in [2.45, 2.75) is 32.7 Å². The number of carboxylic acid groups (broad SMARTS) is 1. The summed E-state index contributed by atoms with van der Waals surface area (Å²) in [6.45, 7) is 3.76. The summed E-state index contributed by atoms with van der Waals surface area (Å²) in [5.41, 5.74) is 0.419. The Morgan fingerprint density at radius 2 is 1.75 bits per heavy atom. The van der Waals surface area contributed by atoms with Crippen molar-refractivity contribution in [2.24, 2.45) is 5.92 Å². The van der Waals surface area contributed by atoms with Crippen LogP contribution in [0.2, 0.25) is 0 Å². The molecule has 2 amide bonds. The van der Waals surface area contributed by atoms with E-state index in [0.717, 1.165) is 6.42 Å². The number of carboxylic acids is 1. The maximum Gasteiger partial charge on any atom is 0.330 e. The van der Waals surface area contributed by atoms with Crippen LogP contribution in [0.3, 0.4) is 0 Å². The van der Waals surface area contributed by atoms with Crippen LogP contribution in [0.25, 0.3) is 0 Å². The number of hydrogen-bond donors (Lipinski definition) is 3. The Morgan fingerprint density at radius 3 is 2.25 bits per heavy atom. The number of benzene rings is 1. The van der Waals surface area contributed by atoms with Gasteiger partial charge < -0.3 is 20.5 Å². The van der Waals surface area contributed by atoms with Gasteiger partial charge in [0.2, 0.25) is 11.8 Å². The molecule has 0 aromatic heterocycles. The van der Waals surface area contributed by atoms with Gasteiger partial charge in [0.15, 0.2) is 6.04 Å². The second-order valence-corrected chi connectivity index (χ2v) is 5.82. The van der Waals surface area contributed by atoms with Crippen molar-refractivity contribution >= 4 is 17.8 Å². The Hall–Kier alpha value is -2.57. The third kappa shape index (κ3) is 6.68. The van der Waals surface area contributed by atoms with Crippen LogP contribution in [0, 0.1) is 5.92 Å². The molecular formula is C17H24N2O5. The highest BCUT2D eigenvalue weighted by Gasteiger charge is 2.22. The number of hydrogen-bond acceptors (Lipinski definition) is 4. The Morgan fingerprint density at radius 1 is 1.12 bits per heavy atom. The summed E-state index contributed by atoms with van der Waals surface area (Å²) >= 11 is 0. The van der Waals surface area contributed by atoms with Gasteiger partial charge in [-0.05, 0) is 30.0 Å². The molecule has 0 saturated carbocycles. The van der Waals surface area contributed by atoms with Gasteiger partial charge in [0.1, 0.15) is 5.75 Å². The van der Waals surface area contributed by atoms with Crippen LogP contribution in [0.1, 0.15) is 38.3 Å².